The fraction of sp³-hybridized carbons (Fsp3) is 0.0833. The first-order chi connectivity index (χ1) is 16.6. The molecule has 3 aromatic carbocycles. The minimum atomic E-state index is -0.448. The fourth-order valence-electron chi connectivity index (χ4n) is 3.20. The van der Waals surface area contributed by atoms with Gasteiger partial charge in [0.25, 0.3) is 11.1 Å². The summed E-state index contributed by atoms with van der Waals surface area (Å²) in [7, 11) is 0. The molecule has 1 heterocycles. The van der Waals surface area contributed by atoms with Crippen LogP contribution in [-0.2, 0) is 17.9 Å². The van der Waals surface area contributed by atoms with Crippen LogP contribution in [0.4, 0.5) is 4.79 Å². The molecule has 0 bridgehead atoms. The van der Waals surface area contributed by atoms with Crippen LogP contribution in [0.3, 0.4) is 0 Å². The molecule has 180 valence electrons. The maximum atomic E-state index is 12.9. The van der Waals surface area contributed by atoms with Crippen molar-refractivity contribution in [3.8, 4) is 5.75 Å². The van der Waals surface area contributed by atoms with E-state index in [2.05, 4.69) is 0 Å². The number of hydrogen-bond donors (Lipinski definition) is 0. The molecule has 2 amide bonds. The smallest absolute Gasteiger partial charge is 0.293 e. The SMILES string of the molecule is O=C1S/C(=C\c2cc(Cl)c(OCc3ccc(Cl)cc3Cl)c(Cl)c2)C(=O)N1Cc1ccc(Cl)cc1Cl. The van der Waals surface area contributed by atoms with Crippen LogP contribution < -0.4 is 4.74 Å². The lowest BCUT2D eigenvalue weighted by Gasteiger charge is -2.14. The quantitative estimate of drug-likeness (QED) is 0.262. The summed E-state index contributed by atoms with van der Waals surface area (Å²) in [6.07, 6.45) is 1.55. The first-order valence-corrected chi connectivity index (χ1v) is 13.0. The van der Waals surface area contributed by atoms with Crippen LogP contribution in [0.5, 0.6) is 5.75 Å². The molecular weight excluding hydrogens is 595 g/mol. The Balaban J connectivity index is 1.51. The summed E-state index contributed by atoms with van der Waals surface area (Å²) < 4.78 is 5.77. The van der Waals surface area contributed by atoms with Crippen molar-refractivity contribution in [2.24, 2.45) is 0 Å². The third-order valence-electron chi connectivity index (χ3n) is 4.92. The molecule has 0 atom stereocenters. The summed E-state index contributed by atoms with van der Waals surface area (Å²) in [5.41, 5.74) is 1.85. The second-order valence-electron chi connectivity index (χ2n) is 7.34. The van der Waals surface area contributed by atoms with Crippen LogP contribution in [0.25, 0.3) is 6.08 Å². The van der Waals surface area contributed by atoms with Gasteiger partial charge in [-0.15, -0.1) is 0 Å². The zero-order valence-corrected chi connectivity index (χ0v) is 22.8. The van der Waals surface area contributed by atoms with E-state index in [1.165, 1.54) is 0 Å². The van der Waals surface area contributed by atoms with Gasteiger partial charge in [0.2, 0.25) is 0 Å². The Morgan fingerprint density at radius 2 is 1.34 bits per heavy atom. The van der Waals surface area contributed by atoms with Gasteiger partial charge < -0.3 is 4.74 Å². The molecule has 11 heteroatoms. The van der Waals surface area contributed by atoms with E-state index in [1.54, 1.807) is 54.6 Å². The van der Waals surface area contributed by atoms with Crippen molar-refractivity contribution in [3.63, 3.8) is 0 Å². The summed E-state index contributed by atoms with van der Waals surface area (Å²) in [5, 5.41) is 1.86. The van der Waals surface area contributed by atoms with Crippen LogP contribution in [-0.4, -0.2) is 16.0 Å². The van der Waals surface area contributed by atoms with E-state index >= 15 is 0 Å². The van der Waals surface area contributed by atoms with E-state index in [0.717, 1.165) is 16.7 Å². The number of rotatable bonds is 6. The molecule has 1 aliphatic heterocycles. The van der Waals surface area contributed by atoms with Gasteiger partial charge >= 0.3 is 0 Å². The van der Waals surface area contributed by atoms with Gasteiger partial charge in [0, 0.05) is 25.7 Å². The molecule has 0 N–H and O–H groups in total. The number of hydrogen-bond acceptors (Lipinski definition) is 4. The summed E-state index contributed by atoms with van der Waals surface area (Å²) in [6.45, 7) is 0.153. The summed E-state index contributed by atoms with van der Waals surface area (Å²) in [6, 6.07) is 13.1. The number of ether oxygens (including phenoxy) is 1. The highest BCUT2D eigenvalue weighted by atomic mass is 35.5. The van der Waals surface area contributed by atoms with E-state index in [9.17, 15) is 9.59 Å². The van der Waals surface area contributed by atoms with Gasteiger partial charge in [-0.1, -0.05) is 81.7 Å². The summed E-state index contributed by atoms with van der Waals surface area (Å²) >= 11 is 37.8. The Kier molecular flexibility index (Phi) is 8.49. The van der Waals surface area contributed by atoms with Gasteiger partial charge in [-0.3, -0.25) is 14.5 Å². The average Bonchev–Trinajstić information content (AvgIpc) is 3.03. The molecule has 0 saturated carbocycles. The van der Waals surface area contributed by atoms with Gasteiger partial charge in [-0.25, -0.2) is 0 Å². The highest BCUT2D eigenvalue weighted by molar-refractivity contribution is 8.18. The van der Waals surface area contributed by atoms with Crippen molar-refractivity contribution in [2.45, 2.75) is 13.2 Å². The zero-order valence-electron chi connectivity index (χ0n) is 17.5. The molecular formula is C24H13Cl6NO3S. The number of thioether (sulfide) groups is 1. The van der Waals surface area contributed by atoms with Crippen LogP contribution in [0.1, 0.15) is 16.7 Å². The molecule has 0 aromatic heterocycles. The molecule has 0 radical (unpaired) electrons. The first-order valence-electron chi connectivity index (χ1n) is 9.87. The number of nitrogens with zero attached hydrogens (tertiary/aromatic N) is 1. The number of benzene rings is 3. The Hall–Kier alpha value is -1.57. The lowest BCUT2D eigenvalue weighted by atomic mass is 10.2. The lowest BCUT2D eigenvalue weighted by Crippen LogP contribution is -2.27. The highest BCUT2D eigenvalue weighted by Gasteiger charge is 2.35. The van der Waals surface area contributed by atoms with Crippen molar-refractivity contribution >= 4 is 98.6 Å². The van der Waals surface area contributed by atoms with E-state index < -0.39 is 11.1 Å². The van der Waals surface area contributed by atoms with Gasteiger partial charge in [0.1, 0.15) is 6.61 Å². The first kappa shape index (κ1) is 26.5. The third kappa shape index (κ3) is 6.23. The van der Waals surface area contributed by atoms with Gasteiger partial charge in [0.15, 0.2) is 5.75 Å². The molecule has 0 spiro atoms. The number of amides is 2. The van der Waals surface area contributed by atoms with Crippen LogP contribution in [0.15, 0.2) is 53.4 Å². The molecule has 4 nitrogen and oxygen atoms in total. The van der Waals surface area contributed by atoms with E-state index in [4.69, 9.17) is 74.3 Å². The standard InChI is InChI=1S/C24H13Cl6NO3S/c25-15-3-1-13(17(27)8-15)10-31-23(32)21(35-24(31)33)7-12-5-19(29)22(20(30)6-12)34-11-14-2-4-16(26)9-18(14)28/h1-9H,10-11H2/b21-7-. The molecule has 1 fully saturated rings. The van der Waals surface area contributed by atoms with Crippen molar-refractivity contribution in [2.75, 3.05) is 0 Å². The zero-order chi connectivity index (χ0) is 25.3. The molecule has 35 heavy (non-hydrogen) atoms. The van der Waals surface area contributed by atoms with Crippen molar-refractivity contribution in [1.82, 2.24) is 4.90 Å². The topological polar surface area (TPSA) is 46.6 Å². The predicted molar refractivity (Wildman–Crippen MR) is 145 cm³/mol. The number of carbonyl (C=O) groups is 2. The predicted octanol–water partition coefficient (Wildman–Crippen LogP) is 9.42. The summed E-state index contributed by atoms with van der Waals surface area (Å²) in [5.74, 6) is -0.182. The number of carbonyl (C=O) groups excluding carboxylic acids is 2. The van der Waals surface area contributed by atoms with Crippen LogP contribution in [0.2, 0.25) is 30.1 Å². The Morgan fingerprint density at radius 3 is 1.91 bits per heavy atom. The summed E-state index contributed by atoms with van der Waals surface area (Å²) in [4.78, 5) is 26.7. The maximum absolute atomic E-state index is 12.9. The Morgan fingerprint density at radius 1 is 0.771 bits per heavy atom. The number of imide groups is 1. The maximum Gasteiger partial charge on any atom is 0.293 e. The van der Waals surface area contributed by atoms with Crippen molar-refractivity contribution in [1.29, 1.82) is 0 Å². The molecule has 1 aliphatic rings. The van der Waals surface area contributed by atoms with Crippen molar-refractivity contribution < 1.29 is 14.3 Å². The molecule has 0 unspecified atom stereocenters. The van der Waals surface area contributed by atoms with E-state index in [0.29, 0.717) is 36.8 Å². The third-order valence-corrected chi connectivity index (χ3v) is 7.57. The molecule has 4 rings (SSSR count). The van der Waals surface area contributed by atoms with E-state index in [-0.39, 0.29) is 33.9 Å². The van der Waals surface area contributed by atoms with Crippen LogP contribution >= 0.6 is 81.4 Å². The molecule has 0 aliphatic carbocycles. The minimum Gasteiger partial charge on any atom is -0.486 e. The Bertz CT molecular complexity index is 1350. The van der Waals surface area contributed by atoms with Crippen molar-refractivity contribution in [3.05, 3.63) is 100 Å². The van der Waals surface area contributed by atoms with E-state index in [1.807, 2.05) is 0 Å². The largest absolute Gasteiger partial charge is 0.486 e. The minimum absolute atomic E-state index is 0.0273. The van der Waals surface area contributed by atoms with Crippen LogP contribution in [0, 0.1) is 0 Å². The average molecular weight is 608 g/mol. The molecule has 3 aromatic rings. The van der Waals surface area contributed by atoms with Gasteiger partial charge in [0.05, 0.1) is 21.5 Å². The van der Waals surface area contributed by atoms with Gasteiger partial charge in [-0.2, -0.15) is 0 Å². The van der Waals surface area contributed by atoms with Gasteiger partial charge in [-0.05, 0) is 65.4 Å². The second-order valence-corrected chi connectivity index (χ2v) is 10.8. The second kappa shape index (κ2) is 11.2. The monoisotopic (exact) mass is 605 g/mol. The number of halogens is 6. The molecule has 1 saturated heterocycles. The Labute approximate surface area is 235 Å². The lowest BCUT2D eigenvalue weighted by molar-refractivity contribution is -0.123. The normalized spacial score (nSPS) is 14.8. The highest BCUT2D eigenvalue weighted by Crippen LogP contribution is 2.39. The fourth-order valence-corrected chi connectivity index (χ4v) is 5.58.